The van der Waals surface area contributed by atoms with Gasteiger partial charge in [0.25, 0.3) is 0 Å². The highest BCUT2D eigenvalue weighted by Crippen LogP contribution is 2.58. The van der Waals surface area contributed by atoms with Crippen LogP contribution in [0.2, 0.25) is 0 Å². The smallest absolute Gasteiger partial charge is 0.159 e. The largest absolute Gasteiger partial charge is 0.456 e. The van der Waals surface area contributed by atoms with Crippen LogP contribution < -0.4 is 4.90 Å². The Kier molecular flexibility index (Phi) is 8.50. The molecule has 2 aromatic heterocycles. The first-order chi connectivity index (χ1) is 33.7. The second-order valence-electron chi connectivity index (χ2n) is 17.9. The van der Waals surface area contributed by atoms with E-state index < -0.39 is 5.41 Å². The van der Waals surface area contributed by atoms with Gasteiger partial charge in [-0.1, -0.05) is 200 Å². The van der Waals surface area contributed by atoms with Crippen LogP contribution in [0.15, 0.2) is 258 Å². The SMILES string of the molecule is c1ccc(-c2ccc(N(c3ccc4c(c3)C(c3ccccc3)(c3ccccc3)c3ccccc3-4)c3cccc4c3oc3c(-c5ccc6ccccc6c5)c5c(cc34)oc3ccccc35)cc2)cc1. The van der Waals surface area contributed by atoms with Gasteiger partial charge in [0, 0.05) is 38.5 Å². The lowest BCUT2D eigenvalue weighted by atomic mass is 9.67. The summed E-state index contributed by atoms with van der Waals surface area (Å²) in [5.74, 6) is 0. The van der Waals surface area contributed by atoms with Crippen LogP contribution in [0.5, 0.6) is 0 Å². The molecule has 68 heavy (non-hydrogen) atoms. The van der Waals surface area contributed by atoms with E-state index >= 15 is 0 Å². The van der Waals surface area contributed by atoms with Crippen molar-refractivity contribution in [3.8, 4) is 33.4 Å². The van der Waals surface area contributed by atoms with Crippen LogP contribution in [0.4, 0.5) is 17.1 Å². The lowest BCUT2D eigenvalue weighted by Crippen LogP contribution is -2.28. The summed E-state index contributed by atoms with van der Waals surface area (Å²) in [6.07, 6.45) is 0. The van der Waals surface area contributed by atoms with Crippen LogP contribution >= 0.6 is 0 Å². The topological polar surface area (TPSA) is 29.5 Å². The molecule has 1 aliphatic carbocycles. The van der Waals surface area contributed by atoms with E-state index in [0.29, 0.717) is 0 Å². The molecule has 0 fully saturated rings. The average molecular weight is 868 g/mol. The molecule has 0 amide bonds. The summed E-state index contributed by atoms with van der Waals surface area (Å²) >= 11 is 0. The Morgan fingerprint density at radius 1 is 0.338 bits per heavy atom. The minimum Gasteiger partial charge on any atom is -0.456 e. The molecular formula is C65H41NO2. The van der Waals surface area contributed by atoms with Crippen LogP contribution in [0.25, 0.3) is 88.0 Å². The minimum absolute atomic E-state index is 0.565. The fourth-order valence-electron chi connectivity index (χ4n) is 11.3. The molecule has 318 valence electrons. The Labute approximate surface area is 393 Å². The lowest BCUT2D eigenvalue weighted by Gasteiger charge is -2.35. The highest BCUT2D eigenvalue weighted by molar-refractivity contribution is 6.24. The molecule has 2 heterocycles. The Balaban J connectivity index is 1.05. The molecule has 0 aliphatic heterocycles. The molecule has 3 nitrogen and oxygen atoms in total. The van der Waals surface area contributed by atoms with Gasteiger partial charge in [0.1, 0.15) is 16.7 Å². The van der Waals surface area contributed by atoms with E-state index in [9.17, 15) is 0 Å². The Morgan fingerprint density at radius 3 is 1.75 bits per heavy atom. The first kappa shape index (κ1) is 38.4. The van der Waals surface area contributed by atoms with Gasteiger partial charge in [-0.15, -0.1) is 0 Å². The number of furan rings is 2. The normalized spacial score (nSPS) is 12.8. The molecule has 3 heteroatoms. The van der Waals surface area contributed by atoms with Crippen molar-refractivity contribution in [2.75, 3.05) is 4.90 Å². The van der Waals surface area contributed by atoms with Crippen LogP contribution in [0, 0.1) is 0 Å². The summed E-state index contributed by atoms with van der Waals surface area (Å²) in [6, 6.07) is 89.9. The third-order valence-corrected chi connectivity index (χ3v) is 14.3. The van der Waals surface area contributed by atoms with Gasteiger partial charge in [0.05, 0.1) is 11.1 Å². The zero-order valence-electron chi connectivity index (χ0n) is 36.9. The quantitative estimate of drug-likeness (QED) is 0.160. The van der Waals surface area contributed by atoms with Crippen molar-refractivity contribution in [2.24, 2.45) is 0 Å². The van der Waals surface area contributed by atoms with Crippen molar-refractivity contribution in [3.63, 3.8) is 0 Å². The van der Waals surface area contributed by atoms with Crippen molar-refractivity contribution < 1.29 is 8.83 Å². The number of fused-ring (bicyclic) bond motifs is 10. The lowest BCUT2D eigenvalue weighted by molar-refractivity contribution is 0.665. The number of benzene rings is 11. The standard InChI is InChI=1S/C65H41NO2/c1-4-17-42(18-5-1)44-33-35-49(36-34-44)66(50-37-38-52-51-25-12-14-28-56(51)65(57(52)40-50,47-21-6-2-7-22-47)48-23-8-3-9-24-48)58-29-16-27-53-55-41-60-62(54-26-13-15-30-59(54)67-60)61(64(55)68-63(53)58)46-32-31-43-19-10-11-20-45(43)39-46/h1-41H. The summed E-state index contributed by atoms with van der Waals surface area (Å²) in [5.41, 5.74) is 17.6. The molecule has 0 spiro atoms. The predicted molar refractivity (Wildman–Crippen MR) is 281 cm³/mol. The molecule has 0 N–H and O–H groups in total. The molecule has 0 saturated carbocycles. The number of para-hydroxylation sites is 2. The van der Waals surface area contributed by atoms with Gasteiger partial charge in [-0.2, -0.15) is 0 Å². The molecule has 14 rings (SSSR count). The van der Waals surface area contributed by atoms with Crippen molar-refractivity contribution in [2.45, 2.75) is 5.41 Å². The fraction of sp³-hybridized carbons (Fsp3) is 0.0154. The highest BCUT2D eigenvalue weighted by atomic mass is 16.3. The highest BCUT2D eigenvalue weighted by Gasteiger charge is 2.46. The van der Waals surface area contributed by atoms with E-state index in [4.69, 9.17) is 8.83 Å². The zero-order chi connectivity index (χ0) is 44.8. The predicted octanol–water partition coefficient (Wildman–Crippen LogP) is 17.8. The molecule has 0 bridgehead atoms. The van der Waals surface area contributed by atoms with Crippen LogP contribution in [0.3, 0.4) is 0 Å². The van der Waals surface area contributed by atoms with E-state index in [0.717, 1.165) is 77.6 Å². The molecule has 13 aromatic rings. The molecule has 0 saturated heterocycles. The van der Waals surface area contributed by atoms with Gasteiger partial charge in [-0.05, 0) is 109 Å². The number of rotatable bonds is 7. The van der Waals surface area contributed by atoms with E-state index in [1.54, 1.807) is 0 Å². The van der Waals surface area contributed by atoms with Gasteiger partial charge < -0.3 is 13.7 Å². The summed E-state index contributed by atoms with van der Waals surface area (Å²) in [7, 11) is 0. The maximum Gasteiger partial charge on any atom is 0.159 e. The number of hydrogen-bond donors (Lipinski definition) is 0. The van der Waals surface area contributed by atoms with Gasteiger partial charge >= 0.3 is 0 Å². The van der Waals surface area contributed by atoms with Gasteiger partial charge in [0.2, 0.25) is 0 Å². The third kappa shape index (κ3) is 5.66. The van der Waals surface area contributed by atoms with E-state index in [2.05, 4.69) is 248 Å². The Hall–Kier alpha value is -8.92. The minimum atomic E-state index is -0.565. The molecular weight excluding hydrogens is 827 g/mol. The second-order valence-corrected chi connectivity index (χ2v) is 17.9. The number of anilines is 3. The van der Waals surface area contributed by atoms with Gasteiger partial charge in [0.15, 0.2) is 5.58 Å². The Bertz CT molecular complexity index is 4030. The summed E-state index contributed by atoms with van der Waals surface area (Å²) in [6.45, 7) is 0. The van der Waals surface area contributed by atoms with E-state index in [-0.39, 0.29) is 0 Å². The molecule has 0 radical (unpaired) electrons. The van der Waals surface area contributed by atoms with Crippen molar-refractivity contribution in [1.82, 2.24) is 0 Å². The average Bonchev–Trinajstić information content (AvgIpc) is 4.07. The van der Waals surface area contributed by atoms with Crippen molar-refractivity contribution in [1.29, 1.82) is 0 Å². The van der Waals surface area contributed by atoms with Gasteiger partial charge in [-0.3, -0.25) is 0 Å². The maximum absolute atomic E-state index is 7.46. The monoisotopic (exact) mass is 867 g/mol. The first-order valence-corrected chi connectivity index (χ1v) is 23.3. The van der Waals surface area contributed by atoms with E-state index in [1.807, 2.05) is 6.07 Å². The molecule has 1 aliphatic rings. The summed E-state index contributed by atoms with van der Waals surface area (Å²) < 4.78 is 14.2. The Morgan fingerprint density at radius 2 is 0.956 bits per heavy atom. The first-order valence-electron chi connectivity index (χ1n) is 23.3. The molecule has 0 atom stereocenters. The van der Waals surface area contributed by atoms with Gasteiger partial charge in [-0.25, -0.2) is 0 Å². The van der Waals surface area contributed by atoms with Crippen molar-refractivity contribution in [3.05, 3.63) is 271 Å². The fourth-order valence-corrected chi connectivity index (χ4v) is 11.3. The van der Waals surface area contributed by atoms with Crippen LogP contribution in [-0.4, -0.2) is 0 Å². The van der Waals surface area contributed by atoms with Crippen molar-refractivity contribution >= 4 is 71.7 Å². The molecule has 11 aromatic carbocycles. The molecule has 0 unspecified atom stereocenters. The number of hydrogen-bond acceptors (Lipinski definition) is 3. The third-order valence-electron chi connectivity index (χ3n) is 14.3. The maximum atomic E-state index is 7.46. The van der Waals surface area contributed by atoms with E-state index in [1.165, 1.54) is 49.7 Å². The number of nitrogens with zero attached hydrogens (tertiary/aromatic N) is 1. The zero-order valence-corrected chi connectivity index (χ0v) is 36.9. The second kappa shape index (κ2) is 15.1. The van der Waals surface area contributed by atoms with Crippen LogP contribution in [-0.2, 0) is 5.41 Å². The summed E-state index contributed by atoms with van der Waals surface area (Å²) in [4.78, 5) is 2.39. The summed E-state index contributed by atoms with van der Waals surface area (Å²) in [5, 5.41) is 6.50. The van der Waals surface area contributed by atoms with Crippen LogP contribution in [0.1, 0.15) is 22.3 Å².